The molecule has 15 heavy (non-hydrogen) atoms. The van der Waals surface area contributed by atoms with Crippen molar-refractivity contribution in [3.63, 3.8) is 0 Å². The number of rotatable bonds is 2. The van der Waals surface area contributed by atoms with Crippen LogP contribution in [0.3, 0.4) is 0 Å². The van der Waals surface area contributed by atoms with Gasteiger partial charge in [-0.2, -0.15) is 10.4 Å². The van der Waals surface area contributed by atoms with Gasteiger partial charge in [-0.15, -0.1) is 0 Å². The topological polar surface area (TPSA) is 41.1 Å². The Morgan fingerprint density at radius 3 is 2.93 bits per heavy atom. The van der Waals surface area contributed by atoms with E-state index < -0.39 is 0 Å². The molecule has 0 amide bonds. The lowest BCUT2D eigenvalue weighted by Crippen LogP contribution is -1.94. The van der Waals surface area contributed by atoms with E-state index in [2.05, 4.69) is 25.0 Å². The van der Waals surface area contributed by atoms with Gasteiger partial charge in [0.05, 0.1) is 17.3 Å². The molecule has 0 bridgehead atoms. The summed E-state index contributed by atoms with van der Waals surface area (Å²) < 4.78 is 1.77. The number of hydrogen-bond acceptors (Lipinski definition) is 2. The second-order valence-electron chi connectivity index (χ2n) is 4.13. The average molecular weight is 199 g/mol. The van der Waals surface area contributed by atoms with Gasteiger partial charge in [0.1, 0.15) is 6.07 Å². The summed E-state index contributed by atoms with van der Waals surface area (Å²) in [5.41, 5.74) is 2.99. The summed E-state index contributed by atoms with van der Waals surface area (Å²) in [4.78, 5) is 0. The van der Waals surface area contributed by atoms with Crippen molar-refractivity contribution >= 4 is 5.52 Å². The van der Waals surface area contributed by atoms with E-state index in [1.54, 1.807) is 10.7 Å². The van der Waals surface area contributed by atoms with Crippen molar-refractivity contribution in [3.8, 4) is 6.07 Å². The van der Waals surface area contributed by atoms with Gasteiger partial charge in [-0.1, -0.05) is 13.8 Å². The predicted molar refractivity (Wildman–Crippen MR) is 58.4 cm³/mol. The molecule has 3 heteroatoms. The maximum atomic E-state index is 8.76. The van der Waals surface area contributed by atoms with E-state index in [1.165, 1.54) is 5.56 Å². The third-order valence-corrected chi connectivity index (χ3v) is 2.35. The van der Waals surface area contributed by atoms with Crippen LogP contribution in [0.5, 0.6) is 0 Å². The summed E-state index contributed by atoms with van der Waals surface area (Å²) in [6, 6.07) is 5.90. The van der Waals surface area contributed by atoms with Crippen LogP contribution in [-0.4, -0.2) is 9.61 Å². The summed E-state index contributed by atoms with van der Waals surface area (Å²) in [5.74, 6) is 0.619. The quantitative estimate of drug-likeness (QED) is 0.745. The van der Waals surface area contributed by atoms with Crippen LogP contribution >= 0.6 is 0 Å². The summed E-state index contributed by atoms with van der Waals surface area (Å²) in [6.45, 7) is 4.38. The molecule has 76 valence electrons. The van der Waals surface area contributed by atoms with Gasteiger partial charge in [0.25, 0.3) is 0 Å². The Balaban J connectivity index is 2.48. The molecule has 0 aromatic carbocycles. The Morgan fingerprint density at radius 1 is 1.47 bits per heavy atom. The molecular weight excluding hydrogens is 186 g/mol. The highest BCUT2D eigenvalue weighted by atomic mass is 15.2. The molecule has 0 atom stereocenters. The maximum absolute atomic E-state index is 8.76. The molecule has 0 aliphatic carbocycles. The first-order valence-electron chi connectivity index (χ1n) is 5.07. The van der Waals surface area contributed by atoms with E-state index in [0.717, 1.165) is 11.9 Å². The molecule has 0 unspecified atom stereocenters. The van der Waals surface area contributed by atoms with Crippen molar-refractivity contribution in [1.29, 1.82) is 5.26 Å². The van der Waals surface area contributed by atoms with Crippen LogP contribution < -0.4 is 0 Å². The average Bonchev–Trinajstić information content (AvgIpc) is 2.60. The largest absolute Gasteiger partial charge is 0.239 e. The Morgan fingerprint density at radius 2 is 2.27 bits per heavy atom. The van der Waals surface area contributed by atoms with Crippen LogP contribution in [0, 0.1) is 17.2 Å². The van der Waals surface area contributed by atoms with Crippen LogP contribution in [0.1, 0.15) is 25.0 Å². The minimum atomic E-state index is 0.619. The molecule has 2 aromatic rings. The van der Waals surface area contributed by atoms with Crippen molar-refractivity contribution < 1.29 is 0 Å². The molecule has 0 spiro atoms. The lowest BCUT2D eigenvalue weighted by molar-refractivity contribution is 0.650. The van der Waals surface area contributed by atoms with Gasteiger partial charge in [0.2, 0.25) is 0 Å². The number of nitriles is 1. The Labute approximate surface area is 89.0 Å². The fraction of sp³-hybridized carbons (Fsp3) is 0.333. The fourth-order valence-corrected chi connectivity index (χ4v) is 1.70. The number of pyridine rings is 1. The molecule has 2 heterocycles. The van der Waals surface area contributed by atoms with Crippen molar-refractivity contribution in [1.82, 2.24) is 9.61 Å². The van der Waals surface area contributed by atoms with Gasteiger partial charge in [-0.25, -0.2) is 4.52 Å². The van der Waals surface area contributed by atoms with Crippen LogP contribution in [-0.2, 0) is 6.42 Å². The first kappa shape index (κ1) is 9.72. The molecular formula is C12H13N3. The summed E-state index contributed by atoms with van der Waals surface area (Å²) in [7, 11) is 0. The van der Waals surface area contributed by atoms with Crippen LogP contribution in [0.4, 0.5) is 0 Å². The van der Waals surface area contributed by atoms with E-state index in [1.807, 2.05) is 18.3 Å². The van der Waals surface area contributed by atoms with Gasteiger partial charge in [0.15, 0.2) is 0 Å². The smallest absolute Gasteiger partial charge is 0.101 e. The standard InChI is InChI=1S/C12H13N3/c1-9(2)5-11-7-14-15-8-10(6-13)3-4-12(11)15/h3-4,7-9H,5H2,1-2H3. The van der Waals surface area contributed by atoms with Crippen molar-refractivity contribution in [2.75, 3.05) is 0 Å². The van der Waals surface area contributed by atoms with Gasteiger partial charge in [-0.3, -0.25) is 0 Å². The minimum absolute atomic E-state index is 0.619. The zero-order valence-corrected chi connectivity index (χ0v) is 8.94. The normalized spacial score (nSPS) is 10.8. The molecule has 0 saturated carbocycles. The predicted octanol–water partition coefficient (Wildman–Crippen LogP) is 2.40. The number of hydrogen-bond donors (Lipinski definition) is 0. The van der Waals surface area contributed by atoms with E-state index in [-0.39, 0.29) is 0 Å². The van der Waals surface area contributed by atoms with Crippen LogP contribution in [0.25, 0.3) is 5.52 Å². The van der Waals surface area contributed by atoms with Gasteiger partial charge < -0.3 is 0 Å². The number of aromatic nitrogens is 2. The second kappa shape index (κ2) is 3.74. The molecule has 2 rings (SSSR count). The summed E-state index contributed by atoms with van der Waals surface area (Å²) in [5, 5.41) is 13.0. The summed E-state index contributed by atoms with van der Waals surface area (Å²) in [6.07, 6.45) is 4.67. The van der Waals surface area contributed by atoms with E-state index in [9.17, 15) is 0 Å². The highest BCUT2D eigenvalue weighted by molar-refractivity contribution is 5.55. The van der Waals surface area contributed by atoms with Gasteiger partial charge in [0, 0.05) is 6.20 Å². The lowest BCUT2D eigenvalue weighted by atomic mass is 10.0. The van der Waals surface area contributed by atoms with Crippen LogP contribution in [0.15, 0.2) is 24.5 Å². The minimum Gasteiger partial charge on any atom is -0.239 e. The van der Waals surface area contributed by atoms with E-state index in [0.29, 0.717) is 11.5 Å². The Hall–Kier alpha value is -1.82. The van der Waals surface area contributed by atoms with Crippen LogP contribution in [0.2, 0.25) is 0 Å². The second-order valence-corrected chi connectivity index (χ2v) is 4.13. The zero-order valence-electron chi connectivity index (χ0n) is 8.94. The molecule has 0 aliphatic heterocycles. The third kappa shape index (κ3) is 1.84. The Bertz CT molecular complexity index is 517. The fourth-order valence-electron chi connectivity index (χ4n) is 1.70. The number of fused-ring (bicyclic) bond motifs is 1. The van der Waals surface area contributed by atoms with E-state index >= 15 is 0 Å². The first-order chi connectivity index (χ1) is 7.20. The molecule has 0 fully saturated rings. The molecule has 3 nitrogen and oxygen atoms in total. The molecule has 0 saturated heterocycles. The maximum Gasteiger partial charge on any atom is 0.101 e. The third-order valence-electron chi connectivity index (χ3n) is 2.35. The van der Waals surface area contributed by atoms with Crippen molar-refractivity contribution in [2.24, 2.45) is 5.92 Å². The highest BCUT2D eigenvalue weighted by Gasteiger charge is 2.06. The zero-order chi connectivity index (χ0) is 10.8. The SMILES string of the molecule is CC(C)Cc1cnn2cc(C#N)ccc12. The first-order valence-corrected chi connectivity index (χ1v) is 5.07. The van der Waals surface area contributed by atoms with E-state index in [4.69, 9.17) is 5.26 Å². The van der Waals surface area contributed by atoms with Crippen molar-refractivity contribution in [3.05, 3.63) is 35.7 Å². The lowest BCUT2D eigenvalue weighted by Gasteiger charge is -2.02. The monoisotopic (exact) mass is 199 g/mol. The Kier molecular flexibility index (Phi) is 2.42. The molecule has 0 N–H and O–H groups in total. The molecule has 2 aromatic heterocycles. The summed E-state index contributed by atoms with van der Waals surface area (Å²) >= 11 is 0. The van der Waals surface area contributed by atoms with Gasteiger partial charge >= 0.3 is 0 Å². The molecule has 0 radical (unpaired) electrons. The highest BCUT2D eigenvalue weighted by Crippen LogP contribution is 2.15. The van der Waals surface area contributed by atoms with Crippen molar-refractivity contribution in [2.45, 2.75) is 20.3 Å². The van der Waals surface area contributed by atoms with Gasteiger partial charge in [-0.05, 0) is 30.0 Å². The molecule has 0 aliphatic rings. The number of nitrogens with zero attached hydrogens (tertiary/aromatic N) is 3.